The molecule has 88 valence electrons. The van der Waals surface area contributed by atoms with Crippen LogP contribution in [0.25, 0.3) is 0 Å². The molecule has 1 aromatic rings. The van der Waals surface area contributed by atoms with E-state index in [1.54, 1.807) is 0 Å². The second-order valence-corrected chi connectivity index (χ2v) is 5.40. The summed E-state index contributed by atoms with van der Waals surface area (Å²) >= 11 is 5.97. The van der Waals surface area contributed by atoms with Gasteiger partial charge in [0.15, 0.2) is 0 Å². The normalized spacial score (nSPS) is 20.2. The maximum atomic E-state index is 5.97. The van der Waals surface area contributed by atoms with Crippen molar-refractivity contribution in [2.24, 2.45) is 5.41 Å². The summed E-state index contributed by atoms with van der Waals surface area (Å²) in [5, 5.41) is 4.33. The number of benzene rings is 1. The number of hydrogen-bond acceptors (Lipinski definition) is 2. The molecule has 1 fully saturated rings. The van der Waals surface area contributed by atoms with E-state index in [0.717, 1.165) is 24.8 Å². The summed E-state index contributed by atoms with van der Waals surface area (Å²) in [6, 6.07) is 8.33. The summed E-state index contributed by atoms with van der Waals surface area (Å²) in [6.07, 6.45) is 0. The van der Waals surface area contributed by atoms with Crippen LogP contribution in [0.3, 0.4) is 0 Å². The van der Waals surface area contributed by atoms with Gasteiger partial charge in [-0.05, 0) is 24.6 Å². The molecule has 0 saturated carbocycles. The molecule has 1 saturated heterocycles. The highest BCUT2D eigenvalue weighted by atomic mass is 35.5. The van der Waals surface area contributed by atoms with Gasteiger partial charge in [0.05, 0.1) is 13.2 Å². The van der Waals surface area contributed by atoms with Gasteiger partial charge in [-0.15, -0.1) is 0 Å². The maximum Gasteiger partial charge on any atom is 0.0554 e. The second kappa shape index (κ2) is 4.74. The lowest BCUT2D eigenvalue weighted by Crippen LogP contribution is -2.47. The number of nitrogens with one attached hydrogen (secondary N) is 1. The summed E-state index contributed by atoms with van der Waals surface area (Å²) in [4.78, 5) is 0. The van der Waals surface area contributed by atoms with Crippen LogP contribution in [0.15, 0.2) is 24.3 Å². The van der Waals surface area contributed by atoms with Crippen molar-refractivity contribution in [3.8, 4) is 0 Å². The third-order valence-electron chi connectivity index (χ3n) is 3.08. The molecule has 0 unspecified atom stereocenters. The van der Waals surface area contributed by atoms with Gasteiger partial charge in [-0.25, -0.2) is 0 Å². The predicted octanol–water partition coefficient (Wildman–Crippen LogP) is 3.03. The van der Waals surface area contributed by atoms with E-state index < -0.39 is 0 Å². The predicted molar refractivity (Wildman–Crippen MR) is 66.8 cm³/mol. The molecule has 0 spiro atoms. The summed E-state index contributed by atoms with van der Waals surface area (Å²) < 4.78 is 5.23. The van der Waals surface area contributed by atoms with E-state index in [0.29, 0.717) is 11.5 Å². The van der Waals surface area contributed by atoms with Crippen molar-refractivity contribution >= 4 is 11.6 Å². The van der Waals surface area contributed by atoms with Crippen molar-refractivity contribution in [2.75, 3.05) is 19.8 Å². The maximum absolute atomic E-state index is 5.97. The summed E-state index contributed by atoms with van der Waals surface area (Å²) in [6.45, 7) is 7.12. The van der Waals surface area contributed by atoms with Gasteiger partial charge in [-0.2, -0.15) is 0 Å². The van der Waals surface area contributed by atoms with Crippen LogP contribution >= 0.6 is 11.6 Å². The first-order valence-electron chi connectivity index (χ1n) is 5.66. The average molecular weight is 240 g/mol. The van der Waals surface area contributed by atoms with Gasteiger partial charge in [0, 0.05) is 23.0 Å². The highest BCUT2D eigenvalue weighted by Crippen LogP contribution is 2.26. The summed E-state index contributed by atoms with van der Waals surface area (Å²) in [5.74, 6) is 0. The zero-order chi connectivity index (χ0) is 11.6. The molecule has 1 aliphatic heterocycles. The first kappa shape index (κ1) is 11.9. The van der Waals surface area contributed by atoms with Gasteiger partial charge >= 0.3 is 0 Å². The molecule has 0 radical (unpaired) electrons. The van der Waals surface area contributed by atoms with Crippen LogP contribution in [-0.4, -0.2) is 19.8 Å². The van der Waals surface area contributed by atoms with Gasteiger partial charge in [-0.1, -0.05) is 30.7 Å². The van der Waals surface area contributed by atoms with Crippen molar-refractivity contribution in [2.45, 2.75) is 19.9 Å². The first-order chi connectivity index (χ1) is 7.59. The van der Waals surface area contributed by atoms with E-state index in [-0.39, 0.29) is 0 Å². The highest BCUT2D eigenvalue weighted by molar-refractivity contribution is 6.30. The van der Waals surface area contributed by atoms with E-state index in [9.17, 15) is 0 Å². The Balaban J connectivity index is 1.90. The van der Waals surface area contributed by atoms with Gasteiger partial charge < -0.3 is 10.1 Å². The first-order valence-corrected chi connectivity index (χ1v) is 6.03. The Morgan fingerprint density at radius 2 is 2.25 bits per heavy atom. The molecule has 1 aliphatic rings. The van der Waals surface area contributed by atoms with Gasteiger partial charge in [0.1, 0.15) is 0 Å². The smallest absolute Gasteiger partial charge is 0.0554 e. The fourth-order valence-electron chi connectivity index (χ4n) is 1.85. The molecule has 1 N–H and O–H groups in total. The monoisotopic (exact) mass is 239 g/mol. The minimum absolute atomic E-state index is 0.312. The Labute approximate surface area is 102 Å². The van der Waals surface area contributed by atoms with Crippen LogP contribution in [0.1, 0.15) is 25.5 Å². The summed E-state index contributed by atoms with van der Waals surface area (Å²) in [7, 11) is 0. The van der Waals surface area contributed by atoms with Crippen molar-refractivity contribution in [1.29, 1.82) is 0 Å². The van der Waals surface area contributed by atoms with Crippen molar-refractivity contribution in [3.05, 3.63) is 34.9 Å². The molecule has 2 nitrogen and oxygen atoms in total. The van der Waals surface area contributed by atoms with Crippen molar-refractivity contribution < 1.29 is 4.74 Å². The molecule has 1 aromatic carbocycles. The van der Waals surface area contributed by atoms with Crippen molar-refractivity contribution in [1.82, 2.24) is 5.32 Å². The molecule has 0 bridgehead atoms. The SMILES string of the molecule is C[C@@H](NCC1(C)COC1)c1cccc(Cl)c1. The molecular formula is C13H18ClNO. The summed E-state index contributed by atoms with van der Waals surface area (Å²) in [5.41, 5.74) is 1.55. The van der Waals surface area contributed by atoms with Gasteiger partial charge in [0.25, 0.3) is 0 Å². The van der Waals surface area contributed by atoms with E-state index in [2.05, 4.69) is 25.2 Å². The molecule has 0 amide bonds. The molecule has 1 atom stereocenters. The molecule has 0 aliphatic carbocycles. The third kappa shape index (κ3) is 2.76. The lowest BCUT2D eigenvalue weighted by Gasteiger charge is -2.39. The number of ether oxygens (including phenoxy) is 1. The van der Waals surface area contributed by atoms with Crippen LogP contribution in [0.5, 0.6) is 0 Å². The van der Waals surface area contributed by atoms with Gasteiger partial charge in [-0.3, -0.25) is 0 Å². The Morgan fingerprint density at radius 3 is 2.81 bits per heavy atom. The van der Waals surface area contributed by atoms with E-state index >= 15 is 0 Å². The molecule has 16 heavy (non-hydrogen) atoms. The molecular weight excluding hydrogens is 222 g/mol. The van der Waals surface area contributed by atoms with E-state index in [1.165, 1.54) is 5.56 Å². The Kier molecular flexibility index (Phi) is 3.53. The van der Waals surface area contributed by atoms with Crippen molar-refractivity contribution in [3.63, 3.8) is 0 Å². The standard InChI is InChI=1S/C13H18ClNO/c1-10(11-4-3-5-12(14)6-11)15-7-13(2)8-16-9-13/h3-6,10,15H,7-9H2,1-2H3/t10-/m1/s1. The molecule has 1 heterocycles. The Bertz CT molecular complexity index is 363. The Hall–Kier alpha value is -0.570. The van der Waals surface area contributed by atoms with Crippen LogP contribution < -0.4 is 5.32 Å². The minimum Gasteiger partial charge on any atom is -0.380 e. The average Bonchev–Trinajstić information content (AvgIpc) is 2.23. The van der Waals surface area contributed by atoms with Crippen LogP contribution in [0.4, 0.5) is 0 Å². The van der Waals surface area contributed by atoms with Crippen LogP contribution in [0.2, 0.25) is 5.02 Å². The molecule has 0 aromatic heterocycles. The number of halogens is 1. The zero-order valence-corrected chi connectivity index (χ0v) is 10.6. The second-order valence-electron chi connectivity index (χ2n) is 4.96. The Morgan fingerprint density at radius 1 is 1.50 bits per heavy atom. The fourth-order valence-corrected chi connectivity index (χ4v) is 2.04. The largest absolute Gasteiger partial charge is 0.380 e. The number of rotatable bonds is 4. The quantitative estimate of drug-likeness (QED) is 0.872. The van der Waals surface area contributed by atoms with Crippen LogP contribution in [-0.2, 0) is 4.74 Å². The number of hydrogen-bond donors (Lipinski definition) is 1. The van der Waals surface area contributed by atoms with E-state index in [1.807, 2.05) is 18.2 Å². The lowest BCUT2D eigenvalue weighted by atomic mass is 9.88. The van der Waals surface area contributed by atoms with Crippen LogP contribution in [0, 0.1) is 5.41 Å². The van der Waals surface area contributed by atoms with Gasteiger partial charge in [0.2, 0.25) is 0 Å². The zero-order valence-electron chi connectivity index (χ0n) is 9.79. The third-order valence-corrected chi connectivity index (χ3v) is 3.32. The van der Waals surface area contributed by atoms with E-state index in [4.69, 9.17) is 16.3 Å². The highest BCUT2D eigenvalue weighted by Gasteiger charge is 2.33. The topological polar surface area (TPSA) is 21.3 Å². The molecule has 3 heteroatoms. The minimum atomic E-state index is 0.312. The lowest BCUT2D eigenvalue weighted by molar-refractivity contribution is -0.0999. The fraction of sp³-hybridized carbons (Fsp3) is 0.538. The molecule has 2 rings (SSSR count).